The molecule has 7 heteroatoms. The maximum absolute atomic E-state index is 12.2. The van der Waals surface area contributed by atoms with Gasteiger partial charge in [-0.25, -0.2) is 9.97 Å². The van der Waals surface area contributed by atoms with Gasteiger partial charge in [0.25, 0.3) is 5.91 Å². The topological polar surface area (TPSA) is 85.4 Å². The van der Waals surface area contributed by atoms with Crippen molar-refractivity contribution in [2.75, 3.05) is 30.4 Å². The molecule has 0 atom stereocenters. The van der Waals surface area contributed by atoms with Gasteiger partial charge in [-0.3, -0.25) is 4.79 Å². The minimum Gasteiger partial charge on any atom is -0.486 e. The van der Waals surface area contributed by atoms with Gasteiger partial charge in [0.05, 0.1) is 5.56 Å². The van der Waals surface area contributed by atoms with Crippen molar-refractivity contribution in [3.63, 3.8) is 0 Å². The van der Waals surface area contributed by atoms with Gasteiger partial charge in [0, 0.05) is 30.7 Å². The van der Waals surface area contributed by atoms with E-state index in [1.807, 2.05) is 0 Å². The molecule has 0 aliphatic carbocycles. The Morgan fingerprint density at radius 3 is 2.65 bits per heavy atom. The van der Waals surface area contributed by atoms with Crippen molar-refractivity contribution >= 4 is 17.5 Å². The number of rotatable bonds is 5. The summed E-state index contributed by atoms with van der Waals surface area (Å²) in [6.45, 7) is 3.89. The molecule has 0 spiro atoms. The lowest BCUT2D eigenvalue weighted by Crippen LogP contribution is -2.16. The summed E-state index contributed by atoms with van der Waals surface area (Å²) >= 11 is 0. The molecule has 1 aromatic heterocycles. The van der Waals surface area contributed by atoms with Crippen LogP contribution in [0.5, 0.6) is 11.5 Å². The van der Waals surface area contributed by atoms with E-state index in [9.17, 15) is 4.79 Å². The number of nitrogens with zero attached hydrogens (tertiary/aromatic N) is 2. The number of anilines is 2. The highest BCUT2D eigenvalue weighted by molar-refractivity contribution is 6.04. The van der Waals surface area contributed by atoms with Gasteiger partial charge in [0.2, 0.25) is 5.95 Å². The zero-order chi connectivity index (χ0) is 16.1. The number of fused-ring (bicyclic) bond motifs is 1. The van der Waals surface area contributed by atoms with Gasteiger partial charge in [-0.1, -0.05) is 6.92 Å². The summed E-state index contributed by atoms with van der Waals surface area (Å²) < 4.78 is 10.9. The van der Waals surface area contributed by atoms with E-state index < -0.39 is 0 Å². The number of carbonyl (C=O) groups is 1. The van der Waals surface area contributed by atoms with E-state index in [2.05, 4.69) is 27.5 Å². The van der Waals surface area contributed by atoms with Crippen molar-refractivity contribution in [2.45, 2.75) is 13.3 Å². The fourth-order valence-corrected chi connectivity index (χ4v) is 2.10. The molecule has 0 saturated carbocycles. The summed E-state index contributed by atoms with van der Waals surface area (Å²) in [5.74, 6) is 1.56. The van der Waals surface area contributed by atoms with E-state index in [0.29, 0.717) is 41.9 Å². The standard InChI is InChI=1S/C16H18N4O3/c1-2-5-17-16-18-9-11(10-19-16)15(21)20-12-3-4-13-14(8-12)23-7-6-22-13/h3-4,8-10H,2,5-7H2,1H3,(H,20,21)(H,17,18,19). The molecular weight excluding hydrogens is 296 g/mol. The normalized spacial score (nSPS) is 12.6. The van der Waals surface area contributed by atoms with Crippen LogP contribution in [0.15, 0.2) is 30.6 Å². The third-order valence-corrected chi connectivity index (χ3v) is 3.25. The minimum atomic E-state index is -0.274. The van der Waals surface area contributed by atoms with E-state index in [1.165, 1.54) is 12.4 Å². The highest BCUT2D eigenvalue weighted by Crippen LogP contribution is 2.32. The number of hydrogen-bond acceptors (Lipinski definition) is 6. The monoisotopic (exact) mass is 314 g/mol. The van der Waals surface area contributed by atoms with Crippen LogP contribution < -0.4 is 20.1 Å². The zero-order valence-corrected chi connectivity index (χ0v) is 12.8. The van der Waals surface area contributed by atoms with Crippen molar-refractivity contribution in [1.29, 1.82) is 0 Å². The van der Waals surface area contributed by atoms with Gasteiger partial charge in [-0.2, -0.15) is 0 Å². The van der Waals surface area contributed by atoms with Gasteiger partial charge < -0.3 is 20.1 Å². The Bertz CT molecular complexity index is 688. The Morgan fingerprint density at radius 2 is 1.91 bits per heavy atom. The predicted octanol–water partition coefficient (Wildman–Crippen LogP) is 2.32. The quantitative estimate of drug-likeness (QED) is 0.881. The molecule has 0 radical (unpaired) electrons. The predicted molar refractivity (Wildman–Crippen MR) is 86.2 cm³/mol. The molecule has 7 nitrogen and oxygen atoms in total. The molecule has 2 N–H and O–H groups in total. The molecule has 1 amide bonds. The second kappa shape index (κ2) is 6.95. The van der Waals surface area contributed by atoms with Crippen LogP contribution in [0.1, 0.15) is 23.7 Å². The highest BCUT2D eigenvalue weighted by atomic mass is 16.6. The number of hydrogen-bond donors (Lipinski definition) is 2. The summed E-state index contributed by atoms with van der Waals surface area (Å²) in [4.78, 5) is 20.5. The highest BCUT2D eigenvalue weighted by Gasteiger charge is 2.13. The number of carbonyl (C=O) groups excluding carboxylic acids is 1. The van der Waals surface area contributed by atoms with Crippen LogP contribution in [0.3, 0.4) is 0 Å². The molecular formula is C16H18N4O3. The fourth-order valence-electron chi connectivity index (χ4n) is 2.10. The largest absolute Gasteiger partial charge is 0.486 e. The van der Waals surface area contributed by atoms with Gasteiger partial charge >= 0.3 is 0 Å². The first-order chi connectivity index (χ1) is 11.3. The Labute approximate surface area is 134 Å². The maximum atomic E-state index is 12.2. The van der Waals surface area contributed by atoms with Crippen LogP contribution in [0.4, 0.5) is 11.6 Å². The second-order valence-corrected chi connectivity index (χ2v) is 5.03. The van der Waals surface area contributed by atoms with Crippen molar-refractivity contribution in [3.05, 3.63) is 36.2 Å². The zero-order valence-electron chi connectivity index (χ0n) is 12.8. The average molecular weight is 314 g/mol. The van der Waals surface area contributed by atoms with Crippen molar-refractivity contribution in [3.8, 4) is 11.5 Å². The second-order valence-electron chi connectivity index (χ2n) is 5.03. The summed E-state index contributed by atoms with van der Waals surface area (Å²) in [6.07, 6.45) is 3.98. The van der Waals surface area contributed by atoms with Gasteiger partial charge in [-0.05, 0) is 18.6 Å². The van der Waals surface area contributed by atoms with E-state index in [-0.39, 0.29) is 5.91 Å². The molecule has 0 saturated heterocycles. The number of benzene rings is 1. The van der Waals surface area contributed by atoms with Gasteiger partial charge in [-0.15, -0.1) is 0 Å². The number of nitrogens with one attached hydrogen (secondary N) is 2. The number of aromatic nitrogens is 2. The molecule has 1 aliphatic heterocycles. The number of ether oxygens (including phenoxy) is 2. The van der Waals surface area contributed by atoms with Crippen LogP contribution in [-0.2, 0) is 0 Å². The molecule has 2 aromatic rings. The lowest BCUT2D eigenvalue weighted by atomic mass is 10.2. The molecule has 120 valence electrons. The molecule has 0 bridgehead atoms. The van der Waals surface area contributed by atoms with E-state index >= 15 is 0 Å². The molecule has 0 unspecified atom stereocenters. The van der Waals surface area contributed by atoms with Gasteiger partial charge in [0.1, 0.15) is 13.2 Å². The third kappa shape index (κ3) is 3.68. The summed E-state index contributed by atoms with van der Waals surface area (Å²) in [5.41, 5.74) is 1.02. The van der Waals surface area contributed by atoms with Crippen LogP contribution >= 0.6 is 0 Å². The smallest absolute Gasteiger partial charge is 0.258 e. The van der Waals surface area contributed by atoms with Crippen LogP contribution in [0.25, 0.3) is 0 Å². The SMILES string of the molecule is CCCNc1ncc(C(=O)Nc2ccc3c(c2)OCCO3)cn1. The van der Waals surface area contributed by atoms with Crippen molar-refractivity contribution in [1.82, 2.24) is 9.97 Å². The molecule has 0 fully saturated rings. The lowest BCUT2D eigenvalue weighted by Gasteiger charge is -2.19. The fraction of sp³-hybridized carbons (Fsp3) is 0.312. The Balaban J connectivity index is 1.66. The van der Waals surface area contributed by atoms with Gasteiger partial charge in [0.15, 0.2) is 11.5 Å². The van der Waals surface area contributed by atoms with E-state index in [0.717, 1.165) is 13.0 Å². The molecule has 3 rings (SSSR count). The summed E-state index contributed by atoms with van der Waals surface area (Å²) in [5, 5.41) is 5.86. The van der Waals surface area contributed by atoms with Crippen molar-refractivity contribution < 1.29 is 14.3 Å². The lowest BCUT2D eigenvalue weighted by molar-refractivity contribution is 0.102. The van der Waals surface area contributed by atoms with Crippen LogP contribution in [-0.4, -0.2) is 35.6 Å². The number of amides is 1. The Morgan fingerprint density at radius 1 is 1.17 bits per heavy atom. The first kappa shape index (κ1) is 15.1. The van der Waals surface area contributed by atoms with Crippen LogP contribution in [0.2, 0.25) is 0 Å². The minimum absolute atomic E-state index is 0.274. The Kier molecular flexibility index (Phi) is 4.56. The molecule has 23 heavy (non-hydrogen) atoms. The maximum Gasteiger partial charge on any atom is 0.258 e. The molecule has 1 aliphatic rings. The average Bonchev–Trinajstić information content (AvgIpc) is 2.60. The Hall–Kier alpha value is -2.83. The molecule has 1 aromatic carbocycles. The summed E-state index contributed by atoms with van der Waals surface area (Å²) in [7, 11) is 0. The first-order valence-corrected chi connectivity index (χ1v) is 7.53. The van der Waals surface area contributed by atoms with Crippen molar-refractivity contribution in [2.24, 2.45) is 0 Å². The molecule has 2 heterocycles. The third-order valence-electron chi connectivity index (χ3n) is 3.25. The van der Waals surface area contributed by atoms with E-state index in [4.69, 9.17) is 9.47 Å². The van der Waals surface area contributed by atoms with Crippen LogP contribution in [0, 0.1) is 0 Å². The van der Waals surface area contributed by atoms with E-state index in [1.54, 1.807) is 18.2 Å². The summed E-state index contributed by atoms with van der Waals surface area (Å²) in [6, 6.07) is 5.28. The first-order valence-electron chi connectivity index (χ1n) is 7.53.